The number of amides is 1. The van der Waals surface area contributed by atoms with E-state index in [1.54, 1.807) is 4.90 Å². The number of nitrogens with zero attached hydrogens (tertiary/aromatic N) is 2. The van der Waals surface area contributed by atoms with E-state index in [4.69, 9.17) is 0 Å². The van der Waals surface area contributed by atoms with Gasteiger partial charge < -0.3 is 4.90 Å². The van der Waals surface area contributed by atoms with Crippen LogP contribution in [0.5, 0.6) is 0 Å². The molecule has 0 radical (unpaired) electrons. The first-order valence-electron chi connectivity index (χ1n) is 7.28. The summed E-state index contributed by atoms with van der Waals surface area (Å²) < 4.78 is 0.958. The predicted molar refractivity (Wildman–Crippen MR) is 87.0 cm³/mol. The number of anilines is 1. The van der Waals surface area contributed by atoms with Crippen LogP contribution in [0.3, 0.4) is 0 Å². The highest BCUT2D eigenvalue weighted by Crippen LogP contribution is 2.27. The molecule has 1 atom stereocenters. The molecule has 1 aliphatic heterocycles. The van der Waals surface area contributed by atoms with Gasteiger partial charge in [-0.05, 0) is 59.9 Å². The number of hydrogen-bond acceptors (Lipinski definition) is 2. The SMILES string of the molecule is CC(C)C(C(=O)N(C)c1ccccc1Br)N1CCCC1. The standard InChI is InChI=1S/C16H23BrN2O/c1-12(2)15(19-10-6-7-11-19)16(20)18(3)14-9-5-4-8-13(14)17/h4-5,8-9,12,15H,6-7,10-11H2,1-3H3. The minimum absolute atomic E-state index is 0.0189. The first kappa shape index (κ1) is 15.5. The summed E-state index contributed by atoms with van der Waals surface area (Å²) in [6.07, 6.45) is 2.41. The van der Waals surface area contributed by atoms with Gasteiger partial charge in [0.15, 0.2) is 0 Å². The van der Waals surface area contributed by atoms with Crippen molar-refractivity contribution in [2.24, 2.45) is 5.92 Å². The Labute approximate surface area is 130 Å². The number of carbonyl (C=O) groups excluding carboxylic acids is 1. The molecule has 1 unspecified atom stereocenters. The summed E-state index contributed by atoms with van der Waals surface area (Å²) in [7, 11) is 1.87. The summed E-state index contributed by atoms with van der Waals surface area (Å²) in [4.78, 5) is 17.0. The van der Waals surface area contributed by atoms with Crippen molar-refractivity contribution in [2.45, 2.75) is 32.7 Å². The number of likely N-dealkylation sites (N-methyl/N-ethyl adjacent to an activating group) is 1. The Balaban J connectivity index is 2.21. The van der Waals surface area contributed by atoms with Gasteiger partial charge in [-0.2, -0.15) is 0 Å². The monoisotopic (exact) mass is 338 g/mol. The van der Waals surface area contributed by atoms with Gasteiger partial charge in [-0.1, -0.05) is 26.0 Å². The van der Waals surface area contributed by atoms with Crippen LogP contribution >= 0.6 is 15.9 Å². The lowest BCUT2D eigenvalue weighted by molar-refractivity contribution is -0.124. The maximum Gasteiger partial charge on any atom is 0.244 e. The molecule has 1 aromatic carbocycles. The van der Waals surface area contributed by atoms with E-state index >= 15 is 0 Å². The van der Waals surface area contributed by atoms with Gasteiger partial charge in [0.25, 0.3) is 0 Å². The van der Waals surface area contributed by atoms with Gasteiger partial charge in [0.05, 0.1) is 11.7 Å². The van der Waals surface area contributed by atoms with Crippen LogP contribution in [-0.2, 0) is 4.79 Å². The van der Waals surface area contributed by atoms with E-state index in [1.807, 2.05) is 31.3 Å². The quantitative estimate of drug-likeness (QED) is 0.838. The Bertz CT molecular complexity index is 469. The van der Waals surface area contributed by atoms with E-state index in [1.165, 1.54) is 12.8 Å². The van der Waals surface area contributed by atoms with Crippen molar-refractivity contribution in [3.8, 4) is 0 Å². The van der Waals surface area contributed by atoms with E-state index in [9.17, 15) is 4.79 Å². The van der Waals surface area contributed by atoms with Crippen LogP contribution in [0.15, 0.2) is 28.7 Å². The zero-order chi connectivity index (χ0) is 14.7. The van der Waals surface area contributed by atoms with E-state index in [-0.39, 0.29) is 11.9 Å². The Morgan fingerprint density at radius 3 is 2.40 bits per heavy atom. The fourth-order valence-electron chi connectivity index (χ4n) is 2.92. The van der Waals surface area contributed by atoms with E-state index in [0.29, 0.717) is 5.92 Å². The highest BCUT2D eigenvalue weighted by atomic mass is 79.9. The predicted octanol–water partition coefficient (Wildman–Crippen LogP) is 3.53. The molecule has 110 valence electrons. The molecule has 0 bridgehead atoms. The second-order valence-electron chi connectivity index (χ2n) is 5.78. The Kier molecular flexibility index (Phi) is 5.22. The molecule has 0 saturated carbocycles. The lowest BCUT2D eigenvalue weighted by Crippen LogP contribution is -2.49. The van der Waals surface area contributed by atoms with Gasteiger partial charge in [0, 0.05) is 11.5 Å². The number of benzene rings is 1. The largest absolute Gasteiger partial charge is 0.313 e. The van der Waals surface area contributed by atoms with E-state index in [0.717, 1.165) is 23.2 Å². The number of halogens is 1. The first-order valence-corrected chi connectivity index (χ1v) is 8.08. The van der Waals surface area contributed by atoms with Crippen LogP contribution in [0.1, 0.15) is 26.7 Å². The topological polar surface area (TPSA) is 23.6 Å². The molecular weight excluding hydrogens is 316 g/mol. The third-order valence-electron chi connectivity index (χ3n) is 3.96. The normalized spacial score (nSPS) is 17.4. The molecule has 1 aliphatic rings. The molecule has 1 heterocycles. The first-order chi connectivity index (χ1) is 9.52. The number of carbonyl (C=O) groups is 1. The summed E-state index contributed by atoms with van der Waals surface area (Å²) in [5.41, 5.74) is 0.933. The molecule has 0 aromatic heterocycles. The van der Waals surface area contributed by atoms with Crippen LogP contribution < -0.4 is 4.90 Å². The molecule has 0 spiro atoms. The van der Waals surface area contributed by atoms with Gasteiger partial charge in [-0.25, -0.2) is 0 Å². The van der Waals surface area contributed by atoms with Crippen molar-refractivity contribution < 1.29 is 4.79 Å². The van der Waals surface area contributed by atoms with Crippen molar-refractivity contribution in [1.82, 2.24) is 4.90 Å². The Morgan fingerprint density at radius 2 is 1.85 bits per heavy atom. The zero-order valence-corrected chi connectivity index (χ0v) is 14.1. The van der Waals surface area contributed by atoms with Crippen LogP contribution in [0.25, 0.3) is 0 Å². The molecule has 1 amide bonds. The molecule has 1 saturated heterocycles. The minimum atomic E-state index is -0.0189. The van der Waals surface area contributed by atoms with Crippen molar-refractivity contribution in [3.05, 3.63) is 28.7 Å². The van der Waals surface area contributed by atoms with Gasteiger partial charge in [0.1, 0.15) is 0 Å². The summed E-state index contributed by atoms with van der Waals surface area (Å²) in [6, 6.07) is 7.86. The van der Waals surface area contributed by atoms with Crippen molar-refractivity contribution in [2.75, 3.05) is 25.0 Å². The van der Waals surface area contributed by atoms with Crippen LogP contribution in [0.4, 0.5) is 5.69 Å². The average molecular weight is 339 g/mol. The molecule has 0 N–H and O–H groups in total. The highest BCUT2D eigenvalue weighted by Gasteiger charge is 2.33. The minimum Gasteiger partial charge on any atom is -0.313 e. The second-order valence-corrected chi connectivity index (χ2v) is 6.63. The zero-order valence-electron chi connectivity index (χ0n) is 12.5. The van der Waals surface area contributed by atoms with Crippen LogP contribution in [0.2, 0.25) is 0 Å². The van der Waals surface area contributed by atoms with Crippen molar-refractivity contribution >= 4 is 27.5 Å². The molecule has 0 aliphatic carbocycles. The molecule has 20 heavy (non-hydrogen) atoms. The van der Waals surface area contributed by atoms with Gasteiger partial charge in [0.2, 0.25) is 5.91 Å². The number of rotatable bonds is 4. The number of hydrogen-bond donors (Lipinski definition) is 0. The number of likely N-dealkylation sites (tertiary alicyclic amines) is 1. The summed E-state index contributed by atoms with van der Waals surface area (Å²) >= 11 is 3.53. The highest BCUT2D eigenvalue weighted by molar-refractivity contribution is 9.10. The summed E-state index contributed by atoms with van der Waals surface area (Å²) in [6.45, 7) is 6.35. The molecule has 4 heteroatoms. The third kappa shape index (κ3) is 3.23. The van der Waals surface area contributed by atoms with Crippen molar-refractivity contribution in [1.29, 1.82) is 0 Å². The van der Waals surface area contributed by atoms with E-state index in [2.05, 4.69) is 34.7 Å². The molecule has 1 fully saturated rings. The fraction of sp³-hybridized carbons (Fsp3) is 0.562. The lowest BCUT2D eigenvalue weighted by Gasteiger charge is -2.33. The van der Waals surface area contributed by atoms with Gasteiger partial charge in [-0.3, -0.25) is 9.69 Å². The maximum absolute atomic E-state index is 12.9. The van der Waals surface area contributed by atoms with Crippen LogP contribution in [0, 0.1) is 5.92 Å². The Hall–Kier alpha value is -0.870. The average Bonchev–Trinajstić information content (AvgIpc) is 2.92. The summed E-state index contributed by atoms with van der Waals surface area (Å²) in [5, 5.41) is 0. The second kappa shape index (κ2) is 6.72. The van der Waals surface area contributed by atoms with Gasteiger partial charge in [-0.15, -0.1) is 0 Å². The van der Waals surface area contributed by atoms with Crippen LogP contribution in [-0.4, -0.2) is 37.0 Å². The molecular formula is C16H23BrN2O. The molecule has 2 rings (SSSR count). The third-order valence-corrected chi connectivity index (χ3v) is 4.63. The molecule has 3 nitrogen and oxygen atoms in total. The van der Waals surface area contributed by atoms with E-state index < -0.39 is 0 Å². The number of para-hydroxylation sites is 1. The van der Waals surface area contributed by atoms with Crippen molar-refractivity contribution in [3.63, 3.8) is 0 Å². The van der Waals surface area contributed by atoms with Gasteiger partial charge >= 0.3 is 0 Å². The smallest absolute Gasteiger partial charge is 0.244 e. The fourth-order valence-corrected chi connectivity index (χ4v) is 3.47. The summed E-state index contributed by atoms with van der Waals surface area (Å²) in [5.74, 6) is 0.513. The maximum atomic E-state index is 12.9. The molecule has 1 aromatic rings. The Morgan fingerprint density at radius 1 is 1.25 bits per heavy atom. The lowest BCUT2D eigenvalue weighted by atomic mass is 10.0.